The lowest BCUT2D eigenvalue weighted by Gasteiger charge is -2.37. The molecule has 1 aliphatic heterocycles. The van der Waals surface area contributed by atoms with Crippen LogP contribution in [0.5, 0.6) is 0 Å². The first kappa shape index (κ1) is 22.8. The highest BCUT2D eigenvalue weighted by Crippen LogP contribution is 2.43. The molecule has 0 aromatic heterocycles. The number of halogens is 5. The molecular formula is C14H26Cl2F3N3O. The fourth-order valence-electron chi connectivity index (χ4n) is 3.61. The summed E-state index contributed by atoms with van der Waals surface area (Å²) in [6.07, 6.45) is -0.0279. The fraction of sp³-hybridized carbons (Fsp3) is 0.929. The van der Waals surface area contributed by atoms with Gasteiger partial charge in [-0.05, 0) is 32.4 Å². The van der Waals surface area contributed by atoms with Gasteiger partial charge in [0.25, 0.3) is 0 Å². The summed E-state index contributed by atoms with van der Waals surface area (Å²) >= 11 is 0. The van der Waals surface area contributed by atoms with Crippen LogP contribution in [-0.2, 0) is 4.79 Å². The number of nitrogens with zero attached hydrogens (tertiary/aromatic N) is 1. The summed E-state index contributed by atoms with van der Waals surface area (Å²) in [5.41, 5.74) is -0.332. The first-order valence-electron chi connectivity index (χ1n) is 7.58. The zero-order chi connectivity index (χ0) is 15.5. The van der Waals surface area contributed by atoms with E-state index in [4.69, 9.17) is 0 Å². The van der Waals surface area contributed by atoms with Crippen LogP contribution in [0.2, 0.25) is 0 Å². The van der Waals surface area contributed by atoms with Crippen molar-refractivity contribution in [2.24, 2.45) is 11.3 Å². The van der Waals surface area contributed by atoms with Gasteiger partial charge in [-0.3, -0.25) is 9.69 Å². The quantitative estimate of drug-likeness (QED) is 0.769. The monoisotopic (exact) mass is 379 g/mol. The summed E-state index contributed by atoms with van der Waals surface area (Å²) in [6, 6.07) is 0. The maximum Gasteiger partial charge on any atom is 0.401 e. The molecule has 0 bridgehead atoms. The van der Waals surface area contributed by atoms with Crippen molar-refractivity contribution in [3.8, 4) is 0 Å². The minimum atomic E-state index is -4.19. The first-order chi connectivity index (χ1) is 9.83. The van der Waals surface area contributed by atoms with E-state index in [-0.39, 0.29) is 49.2 Å². The molecule has 2 atom stereocenters. The highest BCUT2D eigenvalue weighted by molar-refractivity contribution is 5.85. The molecule has 2 fully saturated rings. The third-order valence-electron chi connectivity index (χ3n) is 4.72. The van der Waals surface area contributed by atoms with Gasteiger partial charge in [0.1, 0.15) is 0 Å². The molecule has 0 spiro atoms. The number of carbonyl (C=O) groups excluding carboxylic acids is 1. The molecule has 23 heavy (non-hydrogen) atoms. The van der Waals surface area contributed by atoms with Crippen LogP contribution in [0.3, 0.4) is 0 Å². The van der Waals surface area contributed by atoms with Gasteiger partial charge in [-0.15, -0.1) is 24.8 Å². The predicted octanol–water partition coefficient (Wildman–Crippen LogP) is 2.22. The Kier molecular flexibility index (Phi) is 9.20. The Balaban J connectivity index is 0.00000242. The number of amides is 1. The van der Waals surface area contributed by atoms with Crippen LogP contribution in [0, 0.1) is 11.3 Å². The molecule has 138 valence electrons. The largest absolute Gasteiger partial charge is 0.401 e. The molecule has 2 rings (SSSR count). The van der Waals surface area contributed by atoms with Gasteiger partial charge in [0, 0.05) is 19.6 Å². The summed E-state index contributed by atoms with van der Waals surface area (Å²) in [4.78, 5) is 13.7. The topological polar surface area (TPSA) is 44.4 Å². The van der Waals surface area contributed by atoms with Crippen LogP contribution in [0.4, 0.5) is 13.2 Å². The maximum atomic E-state index is 12.5. The second kappa shape index (κ2) is 9.30. The number of alkyl halides is 3. The van der Waals surface area contributed by atoms with Crippen molar-refractivity contribution in [3.05, 3.63) is 0 Å². The number of hydrogen-bond donors (Lipinski definition) is 2. The van der Waals surface area contributed by atoms with Gasteiger partial charge < -0.3 is 10.6 Å². The molecule has 0 radical (unpaired) electrons. The molecule has 0 unspecified atom stereocenters. The van der Waals surface area contributed by atoms with E-state index < -0.39 is 12.7 Å². The van der Waals surface area contributed by atoms with Crippen molar-refractivity contribution in [2.45, 2.75) is 31.9 Å². The van der Waals surface area contributed by atoms with Gasteiger partial charge in [0.05, 0.1) is 12.0 Å². The summed E-state index contributed by atoms with van der Waals surface area (Å²) in [5.74, 6) is 0.386. The minimum Gasteiger partial charge on any atom is -0.354 e. The molecule has 2 N–H and O–H groups in total. The molecular weight excluding hydrogens is 354 g/mol. The molecule has 9 heteroatoms. The number of carbonyl (C=O) groups is 1. The van der Waals surface area contributed by atoms with E-state index in [1.54, 1.807) is 0 Å². The molecule has 1 amide bonds. The summed E-state index contributed by atoms with van der Waals surface area (Å²) in [5, 5.41) is 6.14. The first-order valence-corrected chi connectivity index (χ1v) is 7.58. The van der Waals surface area contributed by atoms with Crippen molar-refractivity contribution in [3.63, 3.8) is 0 Å². The van der Waals surface area contributed by atoms with E-state index in [2.05, 4.69) is 10.6 Å². The maximum absolute atomic E-state index is 12.5. The highest BCUT2D eigenvalue weighted by atomic mass is 35.5. The Morgan fingerprint density at radius 2 is 2.04 bits per heavy atom. The predicted molar refractivity (Wildman–Crippen MR) is 88.3 cm³/mol. The summed E-state index contributed by atoms with van der Waals surface area (Å²) in [6.45, 7) is 1.10. The molecule has 1 aliphatic carbocycles. The van der Waals surface area contributed by atoms with Gasteiger partial charge in [-0.2, -0.15) is 13.2 Å². The van der Waals surface area contributed by atoms with Crippen molar-refractivity contribution in [2.75, 3.05) is 39.8 Å². The minimum absolute atomic E-state index is 0. The van der Waals surface area contributed by atoms with Gasteiger partial charge in [0.15, 0.2) is 0 Å². The van der Waals surface area contributed by atoms with Crippen LogP contribution in [0.15, 0.2) is 0 Å². The van der Waals surface area contributed by atoms with E-state index in [0.717, 1.165) is 32.2 Å². The van der Waals surface area contributed by atoms with Crippen LogP contribution in [-0.4, -0.2) is 56.8 Å². The van der Waals surface area contributed by atoms with E-state index >= 15 is 0 Å². The third kappa shape index (κ3) is 5.96. The molecule has 4 nitrogen and oxygen atoms in total. The van der Waals surface area contributed by atoms with E-state index in [9.17, 15) is 18.0 Å². The Morgan fingerprint density at radius 1 is 1.35 bits per heavy atom. The van der Waals surface area contributed by atoms with Crippen LogP contribution in [0.1, 0.15) is 25.7 Å². The van der Waals surface area contributed by atoms with E-state index in [1.165, 1.54) is 11.9 Å². The van der Waals surface area contributed by atoms with Crippen molar-refractivity contribution in [1.29, 1.82) is 0 Å². The van der Waals surface area contributed by atoms with Gasteiger partial charge in [-0.25, -0.2) is 0 Å². The van der Waals surface area contributed by atoms with E-state index in [0.29, 0.717) is 12.5 Å². The van der Waals surface area contributed by atoms with E-state index in [1.807, 2.05) is 0 Å². The van der Waals surface area contributed by atoms with Crippen LogP contribution < -0.4 is 10.6 Å². The van der Waals surface area contributed by atoms with Crippen molar-refractivity contribution >= 4 is 30.7 Å². The third-order valence-corrected chi connectivity index (χ3v) is 4.72. The number of nitrogens with one attached hydrogen (secondary N) is 2. The Morgan fingerprint density at radius 3 is 2.70 bits per heavy atom. The lowest BCUT2D eigenvalue weighted by molar-refractivity contribution is -0.143. The average molecular weight is 380 g/mol. The smallest absolute Gasteiger partial charge is 0.354 e. The number of likely N-dealkylation sites (N-methyl/N-ethyl adjacent to an activating group) is 1. The zero-order valence-electron chi connectivity index (χ0n) is 13.2. The normalized spacial score (nSPS) is 26.9. The van der Waals surface area contributed by atoms with Gasteiger partial charge >= 0.3 is 6.18 Å². The lowest BCUT2D eigenvalue weighted by atomic mass is 9.67. The van der Waals surface area contributed by atoms with Gasteiger partial charge in [0.2, 0.25) is 5.91 Å². The molecule has 0 aromatic carbocycles. The molecule has 1 saturated carbocycles. The Hall–Kier alpha value is -0.240. The van der Waals surface area contributed by atoms with Crippen molar-refractivity contribution in [1.82, 2.24) is 15.5 Å². The summed E-state index contributed by atoms with van der Waals surface area (Å²) < 4.78 is 36.7. The number of fused-ring (bicyclic) bond motifs is 1. The van der Waals surface area contributed by atoms with Crippen molar-refractivity contribution < 1.29 is 18.0 Å². The van der Waals surface area contributed by atoms with Gasteiger partial charge in [-0.1, -0.05) is 12.8 Å². The SMILES string of the molecule is CN(CCNC(=O)[C@@]12CCCC[C@H]1CNC2)CC(F)(F)F.Cl.Cl. The fourth-order valence-corrected chi connectivity index (χ4v) is 3.61. The lowest BCUT2D eigenvalue weighted by Crippen LogP contribution is -2.49. The molecule has 1 saturated heterocycles. The molecule has 2 aliphatic rings. The van der Waals surface area contributed by atoms with Crippen LogP contribution >= 0.6 is 24.8 Å². The second-order valence-electron chi connectivity index (χ2n) is 6.34. The number of hydrogen-bond acceptors (Lipinski definition) is 3. The Bertz CT molecular complexity index is 385. The van der Waals surface area contributed by atoms with Crippen LogP contribution in [0.25, 0.3) is 0 Å². The second-order valence-corrected chi connectivity index (χ2v) is 6.34. The Labute approximate surface area is 147 Å². The average Bonchev–Trinajstić information content (AvgIpc) is 2.81. The molecule has 0 aromatic rings. The highest BCUT2D eigenvalue weighted by Gasteiger charge is 2.49. The standard InChI is InChI=1S/C14H24F3N3O.2ClH/c1-20(10-14(15,16)17)7-6-19-12(21)13-5-3-2-4-11(13)8-18-9-13;;/h11,18H,2-10H2,1H3,(H,19,21);2*1H/t11-,13+;;/m0../s1. The number of rotatable bonds is 5. The zero-order valence-corrected chi connectivity index (χ0v) is 14.9. The summed E-state index contributed by atoms with van der Waals surface area (Å²) in [7, 11) is 1.42. The molecule has 1 heterocycles.